The number of hydrogen-bond acceptors (Lipinski definition) is 4. The van der Waals surface area contributed by atoms with E-state index in [0.717, 1.165) is 16.7 Å². The molecule has 28 heavy (non-hydrogen) atoms. The zero-order chi connectivity index (χ0) is 20.5. The highest BCUT2D eigenvalue weighted by Gasteiger charge is 2.13. The number of carbonyl (C=O) groups is 3. The number of carbonyl (C=O) groups excluding carboxylic acids is 3. The minimum Gasteiger partial charge on any atom is -0.456 e. The minimum atomic E-state index is -0.585. The molecule has 0 aromatic heterocycles. The summed E-state index contributed by atoms with van der Waals surface area (Å²) in [5.41, 5.74) is 3.87. The molecule has 1 atom stereocenters. The van der Waals surface area contributed by atoms with Crippen molar-refractivity contribution in [3.63, 3.8) is 0 Å². The number of rotatable bonds is 8. The fourth-order valence-electron chi connectivity index (χ4n) is 2.58. The van der Waals surface area contributed by atoms with Gasteiger partial charge in [-0.2, -0.15) is 0 Å². The highest BCUT2D eigenvalue weighted by molar-refractivity contribution is 5.92. The van der Waals surface area contributed by atoms with Crippen molar-refractivity contribution < 1.29 is 19.1 Å². The summed E-state index contributed by atoms with van der Waals surface area (Å²) in [7, 11) is 0. The Morgan fingerprint density at radius 1 is 0.929 bits per heavy atom. The molecule has 0 aliphatic carbocycles. The summed E-state index contributed by atoms with van der Waals surface area (Å²) in [6.45, 7) is 5.45. The normalized spacial score (nSPS) is 11.4. The summed E-state index contributed by atoms with van der Waals surface area (Å²) in [6.07, 6.45) is -0.0913. The summed E-state index contributed by atoms with van der Waals surface area (Å²) in [6, 6.07) is 14.9. The van der Waals surface area contributed by atoms with Gasteiger partial charge in [-0.25, -0.2) is 0 Å². The topological polar surface area (TPSA) is 84.5 Å². The summed E-state index contributed by atoms with van der Waals surface area (Å²) >= 11 is 0. The molecular formula is C22H26N2O4. The first-order valence-electron chi connectivity index (χ1n) is 9.22. The number of nitrogens with one attached hydrogen (secondary N) is 2. The Balaban J connectivity index is 1.68. The summed E-state index contributed by atoms with van der Waals surface area (Å²) in [5.74, 6) is -1.25. The second-order valence-electron chi connectivity index (χ2n) is 6.71. The number of benzene rings is 2. The molecule has 2 aromatic carbocycles. The molecule has 0 unspecified atom stereocenters. The van der Waals surface area contributed by atoms with Crippen LogP contribution in [0.25, 0.3) is 0 Å². The van der Waals surface area contributed by atoms with Crippen LogP contribution in [-0.2, 0) is 19.1 Å². The lowest BCUT2D eigenvalue weighted by molar-refractivity contribution is -0.149. The third-order valence-electron chi connectivity index (χ3n) is 4.39. The molecule has 0 heterocycles. The molecule has 0 fully saturated rings. The number of amides is 2. The molecule has 6 heteroatoms. The van der Waals surface area contributed by atoms with Crippen molar-refractivity contribution in [1.82, 2.24) is 5.32 Å². The fraction of sp³-hybridized carbons (Fsp3) is 0.318. The van der Waals surface area contributed by atoms with E-state index < -0.39 is 5.97 Å². The number of esters is 1. The molecule has 0 aliphatic rings. The van der Waals surface area contributed by atoms with Crippen molar-refractivity contribution in [1.29, 1.82) is 0 Å². The Kier molecular flexibility index (Phi) is 7.75. The van der Waals surface area contributed by atoms with Gasteiger partial charge in [0.1, 0.15) is 0 Å². The van der Waals surface area contributed by atoms with Crippen molar-refractivity contribution in [3.05, 3.63) is 65.2 Å². The van der Waals surface area contributed by atoms with E-state index in [4.69, 9.17) is 4.74 Å². The van der Waals surface area contributed by atoms with Crippen LogP contribution < -0.4 is 10.6 Å². The molecule has 2 amide bonds. The van der Waals surface area contributed by atoms with Crippen LogP contribution in [0, 0.1) is 13.8 Å². The molecule has 0 bridgehead atoms. The summed E-state index contributed by atoms with van der Waals surface area (Å²) in [5, 5.41) is 5.51. The standard InChI is InChI=1S/C22H26N2O4/c1-15-9-10-19(13-16(15)2)24-20(25)11-12-22(27)28-14-21(26)23-17(3)18-7-5-4-6-8-18/h4-10,13,17H,11-12,14H2,1-3H3,(H,23,26)(H,24,25)/t17-/m1/s1. The predicted octanol–water partition coefficient (Wildman–Crippen LogP) is 3.44. The molecule has 148 valence electrons. The van der Waals surface area contributed by atoms with Crippen LogP contribution >= 0.6 is 0 Å². The van der Waals surface area contributed by atoms with Gasteiger partial charge in [0, 0.05) is 12.1 Å². The Bertz CT molecular complexity index is 834. The molecule has 0 saturated carbocycles. The van der Waals surface area contributed by atoms with Crippen LogP contribution in [0.4, 0.5) is 5.69 Å². The number of anilines is 1. The first-order valence-corrected chi connectivity index (χ1v) is 9.22. The largest absolute Gasteiger partial charge is 0.456 e. The third kappa shape index (κ3) is 6.87. The van der Waals surface area contributed by atoms with E-state index in [1.807, 2.05) is 69.3 Å². The quantitative estimate of drug-likeness (QED) is 0.685. The molecule has 2 N–H and O–H groups in total. The van der Waals surface area contributed by atoms with Gasteiger partial charge in [-0.3, -0.25) is 14.4 Å². The average Bonchev–Trinajstić information content (AvgIpc) is 2.68. The molecule has 0 radical (unpaired) electrons. The number of hydrogen-bond donors (Lipinski definition) is 2. The lowest BCUT2D eigenvalue weighted by Gasteiger charge is -2.14. The maximum Gasteiger partial charge on any atom is 0.306 e. The lowest BCUT2D eigenvalue weighted by atomic mass is 10.1. The van der Waals surface area contributed by atoms with E-state index in [1.54, 1.807) is 0 Å². The van der Waals surface area contributed by atoms with Crippen LogP contribution in [0.5, 0.6) is 0 Å². The summed E-state index contributed by atoms with van der Waals surface area (Å²) < 4.78 is 4.95. The molecule has 0 saturated heterocycles. The van der Waals surface area contributed by atoms with Gasteiger partial charge in [-0.15, -0.1) is 0 Å². The van der Waals surface area contributed by atoms with Gasteiger partial charge < -0.3 is 15.4 Å². The SMILES string of the molecule is Cc1ccc(NC(=O)CCC(=O)OCC(=O)N[C@H](C)c2ccccc2)cc1C. The Morgan fingerprint density at radius 2 is 1.64 bits per heavy atom. The predicted molar refractivity (Wildman–Crippen MR) is 108 cm³/mol. The first-order chi connectivity index (χ1) is 13.3. The van der Waals surface area contributed by atoms with Crippen molar-refractivity contribution in [3.8, 4) is 0 Å². The van der Waals surface area contributed by atoms with Gasteiger partial charge in [0.05, 0.1) is 12.5 Å². The van der Waals surface area contributed by atoms with E-state index in [9.17, 15) is 14.4 Å². The van der Waals surface area contributed by atoms with Crippen LogP contribution in [0.15, 0.2) is 48.5 Å². The van der Waals surface area contributed by atoms with Gasteiger partial charge in [-0.05, 0) is 49.6 Å². The van der Waals surface area contributed by atoms with Crippen LogP contribution in [0.1, 0.15) is 42.5 Å². The monoisotopic (exact) mass is 382 g/mol. The maximum absolute atomic E-state index is 12.0. The van der Waals surface area contributed by atoms with Gasteiger partial charge in [-0.1, -0.05) is 36.4 Å². The zero-order valence-corrected chi connectivity index (χ0v) is 16.5. The van der Waals surface area contributed by atoms with Gasteiger partial charge in [0.25, 0.3) is 5.91 Å². The Labute approximate surface area is 165 Å². The molecule has 2 rings (SSSR count). The fourth-order valence-corrected chi connectivity index (χ4v) is 2.58. The van der Waals surface area contributed by atoms with E-state index >= 15 is 0 Å². The molecule has 6 nitrogen and oxygen atoms in total. The molecule has 0 aliphatic heterocycles. The highest BCUT2D eigenvalue weighted by Crippen LogP contribution is 2.14. The van der Waals surface area contributed by atoms with Gasteiger partial charge >= 0.3 is 5.97 Å². The second-order valence-corrected chi connectivity index (χ2v) is 6.71. The van der Waals surface area contributed by atoms with E-state index in [0.29, 0.717) is 5.69 Å². The van der Waals surface area contributed by atoms with Crippen LogP contribution in [-0.4, -0.2) is 24.4 Å². The highest BCUT2D eigenvalue weighted by atomic mass is 16.5. The number of aryl methyl sites for hydroxylation is 2. The van der Waals surface area contributed by atoms with E-state index in [1.165, 1.54) is 0 Å². The maximum atomic E-state index is 12.0. The van der Waals surface area contributed by atoms with E-state index in [2.05, 4.69) is 10.6 Å². The third-order valence-corrected chi connectivity index (χ3v) is 4.39. The zero-order valence-electron chi connectivity index (χ0n) is 16.5. The average molecular weight is 382 g/mol. The van der Waals surface area contributed by atoms with Crippen LogP contribution in [0.2, 0.25) is 0 Å². The Hall–Kier alpha value is -3.15. The van der Waals surface area contributed by atoms with Crippen LogP contribution in [0.3, 0.4) is 0 Å². The second kappa shape index (κ2) is 10.3. The Morgan fingerprint density at radius 3 is 2.32 bits per heavy atom. The van der Waals surface area contributed by atoms with Gasteiger partial charge in [0.2, 0.25) is 5.91 Å². The van der Waals surface area contributed by atoms with Gasteiger partial charge in [0.15, 0.2) is 6.61 Å². The van der Waals surface area contributed by atoms with Crippen molar-refractivity contribution in [2.45, 2.75) is 39.7 Å². The molecular weight excluding hydrogens is 356 g/mol. The lowest BCUT2D eigenvalue weighted by Crippen LogP contribution is -2.31. The smallest absolute Gasteiger partial charge is 0.306 e. The number of ether oxygens (including phenoxy) is 1. The van der Waals surface area contributed by atoms with E-state index in [-0.39, 0.29) is 37.3 Å². The van der Waals surface area contributed by atoms with Crippen molar-refractivity contribution >= 4 is 23.5 Å². The molecule has 2 aromatic rings. The van der Waals surface area contributed by atoms with Crippen molar-refractivity contribution in [2.24, 2.45) is 0 Å². The van der Waals surface area contributed by atoms with Crippen molar-refractivity contribution in [2.75, 3.05) is 11.9 Å². The first kappa shape index (κ1) is 21.2. The minimum absolute atomic E-state index is 0.00616. The summed E-state index contributed by atoms with van der Waals surface area (Å²) in [4.78, 5) is 35.6. The molecule has 0 spiro atoms.